The molecular formula is C19H20FNO3S. The van der Waals surface area contributed by atoms with Gasteiger partial charge < -0.3 is 5.32 Å². The zero-order valence-corrected chi connectivity index (χ0v) is 14.7. The Morgan fingerprint density at radius 1 is 1.12 bits per heavy atom. The summed E-state index contributed by atoms with van der Waals surface area (Å²) in [5.41, 5.74) is 1.07. The van der Waals surface area contributed by atoms with Gasteiger partial charge in [0.25, 0.3) is 0 Å². The van der Waals surface area contributed by atoms with Crippen molar-refractivity contribution < 1.29 is 17.6 Å². The zero-order chi connectivity index (χ0) is 18.1. The van der Waals surface area contributed by atoms with Crippen molar-refractivity contribution in [1.82, 2.24) is 5.32 Å². The van der Waals surface area contributed by atoms with E-state index in [9.17, 15) is 17.6 Å². The van der Waals surface area contributed by atoms with E-state index in [0.29, 0.717) is 6.54 Å². The largest absolute Gasteiger partial charge is 0.354 e. The second-order valence-electron chi connectivity index (χ2n) is 6.51. The van der Waals surface area contributed by atoms with Gasteiger partial charge in [-0.3, -0.25) is 4.79 Å². The summed E-state index contributed by atoms with van der Waals surface area (Å²) < 4.78 is 38.0. The third-order valence-electron chi connectivity index (χ3n) is 4.82. The molecule has 6 heteroatoms. The van der Waals surface area contributed by atoms with Gasteiger partial charge in [0.15, 0.2) is 9.84 Å². The van der Waals surface area contributed by atoms with Crippen molar-refractivity contribution in [1.29, 1.82) is 0 Å². The molecule has 2 aromatic rings. The molecule has 1 aliphatic carbocycles. The number of hydrogen-bond acceptors (Lipinski definition) is 3. The summed E-state index contributed by atoms with van der Waals surface area (Å²) in [5, 5.41) is 1.55. The molecule has 0 radical (unpaired) electrons. The highest BCUT2D eigenvalue weighted by Gasteiger charge is 2.44. The second kappa shape index (κ2) is 6.59. The number of hydrogen-bond donors (Lipinski definition) is 1. The van der Waals surface area contributed by atoms with Crippen LogP contribution in [-0.2, 0) is 20.0 Å². The predicted octanol–water partition coefficient (Wildman–Crippen LogP) is 2.84. The molecule has 4 nitrogen and oxygen atoms in total. The first-order valence-electron chi connectivity index (χ1n) is 8.18. The average Bonchev–Trinajstić information content (AvgIpc) is 3.41. The molecule has 0 bridgehead atoms. The average molecular weight is 361 g/mol. The van der Waals surface area contributed by atoms with Crippen LogP contribution in [-0.4, -0.2) is 26.1 Å². The summed E-state index contributed by atoms with van der Waals surface area (Å²) in [7, 11) is -3.85. The highest BCUT2D eigenvalue weighted by molar-refractivity contribution is 7.92. The number of carbonyl (C=O) groups is 1. The molecule has 1 fully saturated rings. The molecule has 0 saturated heterocycles. The predicted molar refractivity (Wildman–Crippen MR) is 93.4 cm³/mol. The highest BCUT2D eigenvalue weighted by atomic mass is 32.2. The highest BCUT2D eigenvalue weighted by Crippen LogP contribution is 2.47. The number of benzene rings is 2. The van der Waals surface area contributed by atoms with Crippen LogP contribution in [0.2, 0.25) is 0 Å². The van der Waals surface area contributed by atoms with Crippen LogP contribution in [0.25, 0.3) is 0 Å². The first-order valence-corrected chi connectivity index (χ1v) is 9.72. The molecule has 0 heterocycles. The van der Waals surface area contributed by atoms with Crippen LogP contribution in [0.4, 0.5) is 4.39 Å². The second-order valence-corrected chi connectivity index (χ2v) is 8.77. The summed E-state index contributed by atoms with van der Waals surface area (Å²) in [6.07, 6.45) is 1.94. The molecule has 1 N–H and O–H groups in total. The van der Waals surface area contributed by atoms with E-state index in [4.69, 9.17) is 0 Å². The van der Waals surface area contributed by atoms with E-state index < -0.39 is 26.8 Å². The fourth-order valence-electron chi connectivity index (χ4n) is 2.88. The quantitative estimate of drug-likeness (QED) is 0.805. The molecule has 1 unspecified atom stereocenters. The van der Waals surface area contributed by atoms with Gasteiger partial charge in [-0.1, -0.05) is 30.3 Å². The molecule has 1 atom stereocenters. The van der Waals surface area contributed by atoms with Gasteiger partial charge in [0, 0.05) is 12.0 Å². The maximum absolute atomic E-state index is 13.0. The third-order valence-corrected chi connectivity index (χ3v) is 6.89. The fourth-order valence-corrected chi connectivity index (χ4v) is 4.17. The lowest BCUT2D eigenvalue weighted by Gasteiger charge is -2.19. The first kappa shape index (κ1) is 17.6. The van der Waals surface area contributed by atoms with E-state index in [1.807, 2.05) is 30.3 Å². The van der Waals surface area contributed by atoms with Gasteiger partial charge in [-0.05, 0) is 49.6 Å². The Labute approximate surface area is 147 Å². The monoisotopic (exact) mass is 361 g/mol. The summed E-state index contributed by atoms with van der Waals surface area (Å²) in [6.45, 7) is 1.77. The zero-order valence-electron chi connectivity index (χ0n) is 13.9. The molecule has 1 saturated carbocycles. The van der Waals surface area contributed by atoms with Crippen molar-refractivity contribution >= 4 is 15.7 Å². The maximum Gasteiger partial charge on any atom is 0.238 e. The summed E-state index contributed by atoms with van der Waals surface area (Å²) in [6, 6.07) is 14.4. The Balaban J connectivity index is 1.68. The van der Waals surface area contributed by atoms with Crippen LogP contribution in [0.5, 0.6) is 0 Å². The Morgan fingerprint density at radius 3 is 2.28 bits per heavy atom. The van der Waals surface area contributed by atoms with Crippen LogP contribution in [0, 0.1) is 5.82 Å². The van der Waals surface area contributed by atoms with Crippen molar-refractivity contribution in [2.45, 2.75) is 35.3 Å². The van der Waals surface area contributed by atoms with E-state index >= 15 is 0 Å². The minimum atomic E-state index is -3.85. The molecule has 132 valence electrons. The van der Waals surface area contributed by atoms with Crippen molar-refractivity contribution in [2.75, 3.05) is 6.54 Å². The van der Waals surface area contributed by atoms with Gasteiger partial charge in [0.1, 0.15) is 11.1 Å². The van der Waals surface area contributed by atoms with Gasteiger partial charge in [0.05, 0.1) is 4.90 Å². The summed E-state index contributed by atoms with van der Waals surface area (Å²) >= 11 is 0. The van der Waals surface area contributed by atoms with Crippen LogP contribution in [0.1, 0.15) is 25.3 Å². The lowest BCUT2D eigenvalue weighted by atomic mass is 9.96. The van der Waals surface area contributed by atoms with Crippen LogP contribution >= 0.6 is 0 Å². The lowest BCUT2D eigenvalue weighted by Crippen LogP contribution is -2.41. The lowest BCUT2D eigenvalue weighted by molar-refractivity contribution is -0.120. The van der Waals surface area contributed by atoms with Gasteiger partial charge in [0.2, 0.25) is 5.91 Å². The Morgan fingerprint density at radius 2 is 1.72 bits per heavy atom. The number of carbonyl (C=O) groups excluding carboxylic acids is 1. The molecule has 0 aliphatic heterocycles. The third kappa shape index (κ3) is 3.58. The standard InChI is InChI=1S/C19H20FNO3S/c1-14(25(23,24)17-9-7-16(20)8-10-17)18(22)21-13-19(11-12-19)15-5-3-2-4-6-15/h2-10,14H,11-13H2,1H3,(H,21,22). The molecule has 0 aromatic heterocycles. The van der Waals surface area contributed by atoms with E-state index in [2.05, 4.69) is 5.32 Å². The van der Waals surface area contributed by atoms with Crippen molar-refractivity contribution in [3.8, 4) is 0 Å². The molecule has 1 amide bonds. The normalized spacial score (nSPS) is 16.9. The minimum Gasteiger partial charge on any atom is -0.354 e. The SMILES string of the molecule is CC(C(=O)NCC1(c2ccccc2)CC1)S(=O)(=O)c1ccc(F)cc1. The number of halogens is 1. The molecule has 2 aromatic carbocycles. The number of rotatable bonds is 6. The summed E-state index contributed by atoms with van der Waals surface area (Å²) in [4.78, 5) is 12.3. The van der Waals surface area contributed by atoms with E-state index in [1.54, 1.807) is 0 Å². The minimum absolute atomic E-state index is 0.0549. The number of amides is 1. The Hall–Kier alpha value is -2.21. The Bertz CT molecular complexity index is 859. The van der Waals surface area contributed by atoms with Gasteiger partial charge in [-0.25, -0.2) is 12.8 Å². The molecule has 3 rings (SSSR count). The van der Waals surface area contributed by atoms with Crippen LogP contribution in [0.15, 0.2) is 59.5 Å². The molecule has 25 heavy (non-hydrogen) atoms. The van der Waals surface area contributed by atoms with Gasteiger partial charge in [-0.2, -0.15) is 0 Å². The molecular weight excluding hydrogens is 341 g/mol. The van der Waals surface area contributed by atoms with Crippen molar-refractivity contribution in [2.24, 2.45) is 0 Å². The maximum atomic E-state index is 13.0. The smallest absolute Gasteiger partial charge is 0.238 e. The van der Waals surface area contributed by atoms with E-state index in [0.717, 1.165) is 30.5 Å². The van der Waals surface area contributed by atoms with Crippen molar-refractivity contribution in [3.63, 3.8) is 0 Å². The van der Waals surface area contributed by atoms with Crippen LogP contribution < -0.4 is 5.32 Å². The topological polar surface area (TPSA) is 63.2 Å². The van der Waals surface area contributed by atoms with Crippen molar-refractivity contribution in [3.05, 3.63) is 66.0 Å². The van der Waals surface area contributed by atoms with Gasteiger partial charge >= 0.3 is 0 Å². The molecule has 1 aliphatic rings. The summed E-state index contributed by atoms with van der Waals surface area (Å²) in [5.74, 6) is -1.05. The molecule has 0 spiro atoms. The van der Waals surface area contributed by atoms with Gasteiger partial charge in [-0.15, -0.1) is 0 Å². The number of nitrogens with one attached hydrogen (secondary N) is 1. The Kier molecular flexibility index (Phi) is 4.64. The first-order chi connectivity index (χ1) is 11.8. The van der Waals surface area contributed by atoms with Crippen LogP contribution in [0.3, 0.4) is 0 Å². The van der Waals surface area contributed by atoms with E-state index in [-0.39, 0.29) is 10.3 Å². The fraction of sp³-hybridized carbons (Fsp3) is 0.316. The van der Waals surface area contributed by atoms with E-state index in [1.165, 1.54) is 19.1 Å². The number of sulfone groups is 1.